The maximum absolute atomic E-state index is 12.7. The molecule has 1 atom stereocenters. The minimum absolute atomic E-state index is 0.149. The van der Waals surface area contributed by atoms with E-state index in [9.17, 15) is 8.42 Å². The van der Waals surface area contributed by atoms with Gasteiger partial charge in [-0.2, -0.15) is 0 Å². The van der Waals surface area contributed by atoms with Gasteiger partial charge >= 0.3 is 0 Å². The standard InChI is InChI=1S/C19H28BrN5O2S/c1-12(2)28(26,27)17-6-4-3-5-16(17)24-18-15(20)11-23-19(22,25-18)13-7-9-14(21)10-8-13/h3-6,11-14,23H,7-10,21-22H2,1-2H3,(H,24,25)/t13-,14-,19?. The third-order valence-electron chi connectivity index (χ3n) is 5.41. The summed E-state index contributed by atoms with van der Waals surface area (Å²) in [4.78, 5) is 4.98. The molecule has 1 heterocycles. The van der Waals surface area contributed by atoms with Gasteiger partial charge in [-0.05, 0) is 67.6 Å². The lowest BCUT2D eigenvalue weighted by Gasteiger charge is -2.40. The zero-order chi connectivity index (χ0) is 20.5. The van der Waals surface area contributed by atoms with Crippen LogP contribution in [0, 0.1) is 5.92 Å². The van der Waals surface area contributed by atoms with Crippen LogP contribution in [0.3, 0.4) is 0 Å². The van der Waals surface area contributed by atoms with Crippen LogP contribution in [0.2, 0.25) is 0 Å². The van der Waals surface area contributed by atoms with Crippen molar-refractivity contribution in [3.8, 4) is 0 Å². The number of hydrogen-bond donors (Lipinski definition) is 4. The van der Waals surface area contributed by atoms with Gasteiger partial charge in [0.15, 0.2) is 15.6 Å². The van der Waals surface area contributed by atoms with Crippen molar-refractivity contribution < 1.29 is 8.42 Å². The summed E-state index contributed by atoms with van der Waals surface area (Å²) in [6.45, 7) is 3.34. The average molecular weight is 470 g/mol. The van der Waals surface area contributed by atoms with E-state index in [2.05, 4.69) is 26.6 Å². The summed E-state index contributed by atoms with van der Waals surface area (Å²) < 4.78 is 26.1. The minimum Gasteiger partial charge on any atom is -0.354 e. The number of anilines is 1. The molecule has 7 nitrogen and oxygen atoms in total. The highest BCUT2D eigenvalue weighted by molar-refractivity contribution is 9.12. The molecule has 3 rings (SSSR count). The summed E-state index contributed by atoms with van der Waals surface area (Å²) in [7, 11) is -3.44. The second-order valence-electron chi connectivity index (χ2n) is 7.75. The number of halogens is 1. The maximum Gasteiger partial charge on any atom is 0.187 e. The van der Waals surface area contributed by atoms with E-state index in [0.717, 1.165) is 25.7 Å². The summed E-state index contributed by atoms with van der Waals surface area (Å²) in [5.74, 6) is -0.302. The van der Waals surface area contributed by atoms with Crippen LogP contribution in [0.25, 0.3) is 0 Å². The molecule has 154 valence electrons. The molecule has 9 heteroatoms. The van der Waals surface area contributed by atoms with Gasteiger partial charge in [0.2, 0.25) is 0 Å². The fourth-order valence-electron chi connectivity index (χ4n) is 3.57. The molecule has 0 bridgehead atoms. The topological polar surface area (TPSA) is 123 Å². The largest absolute Gasteiger partial charge is 0.354 e. The Labute approximate surface area is 175 Å². The van der Waals surface area contributed by atoms with Gasteiger partial charge in [0.1, 0.15) is 5.84 Å². The van der Waals surface area contributed by atoms with Gasteiger partial charge in [-0.15, -0.1) is 0 Å². The lowest BCUT2D eigenvalue weighted by molar-refractivity contribution is 0.179. The Hall–Kier alpha value is -1.42. The van der Waals surface area contributed by atoms with Gasteiger partial charge in [-0.1, -0.05) is 12.1 Å². The molecule has 0 saturated heterocycles. The predicted molar refractivity (Wildman–Crippen MR) is 117 cm³/mol. The maximum atomic E-state index is 12.7. The zero-order valence-electron chi connectivity index (χ0n) is 16.2. The lowest BCUT2D eigenvalue weighted by atomic mass is 9.82. The van der Waals surface area contributed by atoms with E-state index in [1.165, 1.54) is 0 Å². The number of hydrogen-bond acceptors (Lipinski definition) is 7. The predicted octanol–water partition coefficient (Wildman–Crippen LogP) is 2.65. The molecule has 1 fully saturated rings. The molecule has 2 aliphatic rings. The van der Waals surface area contributed by atoms with Crippen molar-refractivity contribution in [3.63, 3.8) is 0 Å². The van der Waals surface area contributed by atoms with Crippen LogP contribution < -0.4 is 22.1 Å². The van der Waals surface area contributed by atoms with Crippen LogP contribution in [-0.4, -0.2) is 31.3 Å². The third kappa shape index (κ3) is 4.27. The SMILES string of the molecule is CC(C)S(=O)(=O)c1ccccc1NC1=NC(N)([C@H]2CC[C@H](N)CC2)NC=C1Br. The number of para-hydroxylation sites is 1. The van der Waals surface area contributed by atoms with Crippen molar-refractivity contribution in [2.75, 3.05) is 5.32 Å². The monoisotopic (exact) mass is 469 g/mol. The number of nitrogens with two attached hydrogens (primary N) is 2. The number of sulfone groups is 1. The summed E-state index contributed by atoms with van der Waals surface area (Å²) in [6.07, 6.45) is 5.40. The molecule has 1 aliphatic heterocycles. The Morgan fingerprint density at radius 3 is 2.54 bits per heavy atom. The Kier molecular flexibility index (Phi) is 6.19. The number of aliphatic imine (C=N–C) groups is 1. The minimum atomic E-state index is -3.44. The van der Waals surface area contributed by atoms with Crippen LogP contribution in [0.15, 0.2) is 44.8 Å². The van der Waals surface area contributed by atoms with Crippen molar-refractivity contribution in [2.24, 2.45) is 22.4 Å². The van der Waals surface area contributed by atoms with Gasteiger partial charge in [0.05, 0.1) is 20.3 Å². The molecular weight excluding hydrogens is 442 g/mol. The quantitative estimate of drug-likeness (QED) is 0.537. The molecule has 0 spiro atoms. The molecule has 0 radical (unpaired) electrons. The molecule has 1 saturated carbocycles. The number of rotatable bonds is 4. The number of nitrogens with zero attached hydrogens (tertiary/aromatic N) is 1. The Balaban J connectivity index is 1.91. The number of amidine groups is 1. The van der Waals surface area contributed by atoms with Crippen molar-refractivity contribution in [1.82, 2.24) is 5.32 Å². The highest BCUT2D eigenvalue weighted by Gasteiger charge is 2.38. The lowest BCUT2D eigenvalue weighted by Crippen LogP contribution is -2.59. The van der Waals surface area contributed by atoms with Crippen molar-refractivity contribution in [1.29, 1.82) is 0 Å². The highest BCUT2D eigenvalue weighted by atomic mass is 79.9. The van der Waals surface area contributed by atoms with E-state index in [0.29, 0.717) is 16.0 Å². The van der Waals surface area contributed by atoms with Gasteiger partial charge in [0.25, 0.3) is 0 Å². The molecule has 1 aromatic rings. The second-order valence-corrected chi connectivity index (χ2v) is 11.1. The molecule has 0 aromatic heterocycles. The van der Waals surface area contributed by atoms with Gasteiger partial charge in [-0.25, -0.2) is 13.4 Å². The van der Waals surface area contributed by atoms with Crippen molar-refractivity contribution in [3.05, 3.63) is 34.9 Å². The van der Waals surface area contributed by atoms with Gasteiger partial charge in [-0.3, -0.25) is 5.73 Å². The molecule has 1 aromatic carbocycles. The molecule has 6 N–H and O–H groups in total. The third-order valence-corrected chi connectivity index (χ3v) is 8.23. The van der Waals surface area contributed by atoms with E-state index in [4.69, 9.17) is 16.5 Å². The molecular formula is C19H28BrN5O2S. The second kappa shape index (κ2) is 8.14. The number of benzene rings is 1. The summed E-state index contributed by atoms with van der Waals surface area (Å²) in [6, 6.07) is 7.07. The van der Waals surface area contributed by atoms with E-state index in [1.54, 1.807) is 44.3 Å². The average Bonchev–Trinajstić information content (AvgIpc) is 2.65. The summed E-state index contributed by atoms with van der Waals surface area (Å²) >= 11 is 3.48. The van der Waals surface area contributed by atoms with Crippen LogP contribution in [0.5, 0.6) is 0 Å². The molecule has 1 aliphatic carbocycles. The fraction of sp³-hybridized carbons (Fsp3) is 0.526. The Bertz CT molecular complexity index is 891. The van der Waals surface area contributed by atoms with Crippen molar-refractivity contribution in [2.45, 2.75) is 61.5 Å². The van der Waals surface area contributed by atoms with E-state index >= 15 is 0 Å². The molecule has 28 heavy (non-hydrogen) atoms. The first-order chi connectivity index (χ1) is 13.1. The van der Waals surface area contributed by atoms with Crippen LogP contribution in [0.1, 0.15) is 39.5 Å². The zero-order valence-corrected chi connectivity index (χ0v) is 18.6. The van der Waals surface area contributed by atoms with Gasteiger partial charge < -0.3 is 16.4 Å². The first-order valence-electron chi connectivity index (χ1n) is 9.51. The summed E-state index contributed by atoms with van der Waals surface area (Å²) in [5, 5.41) is 5.84. The Morgan fingerprint density at radius 2 is 1.89 bits per heavy atom. The van der Waals surface area contributed by atoms with Crippen LogP contribution in [0.4, 0.5) is 5.69 Å². The highest BCUT2D eigenvalue weighted by Crippen LogP contribution is 2.33. The fourth-order valence-corrected chi connectivity index (χ4v) is 5.08. The molecule has 1 unspecified atom stereocenters. The van der Waals surface area contributed by atoms with E-state index in [-0.39, 0.29) is 16.9 Å². The van der Waals surface area contributed by atoms with Gasteiger partial charge in [0, 0.05) is 18.2 Å². The van der Waals surface area contributed by atoms with E-state index < -0.39 is 20.9 Å². The molecule has 0 amide bonds. The first kappa shape index (κ1) is 21.3. The van der Waals surface area contributed by atoms with Crippen LogP contribution in [-0.2, 0) is 9.84 Å². The van der Waals surface area contributed by atoms with Crippen LogP contribution >= 0.6 is 15.9 Å². The number of nitrogens with one attached hydrogen (secondary N) is 2. The Morgan fingerprint density at radius 1 is 1.25 bits per heavy atom. The van der Waals surface area contributed by atoms with Crippen molar-refractivity contribution >= 4 is 37.3 Å². The first-order valence-corrected chi connectivity index (χ1v) is 11.9. The smallest absolute Gasteiger partial charge is 0.187 e. The normalized spacial score (nSPS) is 28.4. The van der Waals surface area contributed by atoms with E-state index in [1.807, 2.05) is 0 Å². The summed E-state index contributed by atoms with van der Waals surface area (Å²) in [5.41, 5.74) is 13.1.